The van der Waals surface area contributed by atoms with Crippen LogP contribution < -0.4 is 5.32 Å². The third-order valence-electron chi connectivity index (χ3n) is 2.68. The molecule has 7 nitrogen and oxygen atoms in total. The van der Waals surface area contributed by atoms with Crippen LogP contribution in [0.2, 0.25) is 5.15 Å². The van der Waals surface area contributed by atoms with Crippen LogP contribution in [0, 0.1) is 0 Å². The Kier molecular flexibility index (Phi) is 2.96. The van der Waals surface area contributed by atoms with Crippen molar-refractivity contribution in [2.75, 3.05) is 5.32 Å². The first-order valence-electron chi connectivity index (χ1n) is 5.61. The predicted octanol–water partition coefficient (Wildman–Crippen LogP) is 2.53. The quantitative estimate of drug-likeness (QED) is 0.756. The Balaban J connectivity index is 2.03. The molecule has 20 heavy (non-hydrogen) atoms. The second-order valence-electron chi connectivity index (χ2n) is 3.94. The number of hydrogen-bond donors (Lipinski definition) is 2. The van der Waals surface area contributed by atoms with Crippen molar-refractivity contribution in [2.24, 2.45) is 0 Å². The molecule has 0 saturated carbocycles. The van der Waals surface area contributed by atoms with Crippen LogP contribution in [0.5, 0.6) is 0 Å². The summed E-state index contributed by atoms with van der Waals surface area (Å²) in [7, 11) is 0. The summed E-state index contributed by atoms with van der Waals surface area (Å²) < 4.78 is 1.72. The molecule has 2 heterocycles. The minimum absolute atomic E-state index is 0.274. The zero-order valence-corrected chi connectivity index (χ0v) is 10.7. The first kappa shape index (κ1) is 12.4. The van der Waals surface area contributed by atoms with Gasteiger partial charge in [-0.1, -0.05) is 11.6 Å². The van der Waals surface area contributed by atoms with E-state index in [1.807, 2.05) is 0 Å². The summed E-state index contributed by atoms with van der Waals surface area (Å²) in [6.07, 6.45) is 2.16. The van der Waals surface area contributed by atoms with Crippen LogP contribution in [0.4, 0.5) is 10.5 Å². The molecule has 0 bridgehead atoms. The van der Waals surface area contributed by atoms with E-state index >= 15 is 0 Å². The molecular weight excluding hydrogens is 282 g/mol. The molecule has 1 aromatic carbocycles. The fraction of sp³-hybridized carbons (Fsp3) is 0. The molecule has 0 atom stereocenters. The van der Waals surface area contributed by atoms with Crippen molar-refractivity contribution in [1.82, 2.24) is 19.6 Å². The highest BCUT2D eigenvalue weighted by atomic mass is 35.5. The van der Waals surface area contributed by atoms with Gasteiger partial charge in [-0.2, -0.15) is 0 Å². The molecule has 2 aromatic heterocycles. The number of hydrogen-bond acceptors (Lipinski definition) is 4. The second-order valence-corrected chi connectivity index (χ2v) is 4.30. The SMILES string of the molecule is O=C(O)Nc1ccc(-c2nnc3c(Cl)nccn23)cc1. The molecule has 8 heteroatoms. The lowest BCUT2D eigenvalue weighted by Gasteiger charge is -2.03. The molecule has 0 radical (unpaired) electrons. The Labute approximate surface area is 117 Å². The lowest BCUT2D eigenvalue weighted by molar-refractivity contribution is 0.210. The van der Waals surface area contributed by atoms with Crippen molar-refractivity contribution in [1.29, 1.82) is 0 Å². The lowest BCUT2D eigenvalue weighted by atomic mass is 10.2. The molecule has 0 saturated heterocycles. The van der Waals surface area contributed by atoms with Gasteiger partial charge < -0.3 is 5.11 Å². The summed E-state index contributed by atoms with van der Waals surface area (Å²) in [5.41, 5.74) is 1.74. The minimum atomic E-state index is -1.11. The molecule has 0 aliphatic heterocycles. The maximum atomic E-state index is 10.5. The van der Waals surface area contributed by atoms with E-state index in [1.54, 1.807) is 41.1 Å². The minimum Gasteiger partial charge on any atom is -0.465 e. The van der Waals surface area contributed by atoms with Crippen molar-refractivity contribution in [2.45, 2.75) is 0 Å². The van der Waals surface area contributed by atoms with Crippen LogP contribution in [0.25, 0.3) is 17.0 Å². The summed E-state index contributed by atoms with van der Waals surface area (Å²) in [4.78, 5) is 14.5. The number of nitrogens with zero attached hydrogens (tertiary/aromatic N) is 4. The number of fused-ring (bicyclic) bond motifs is 1. The molecule has 0 unspecified atom stereocenters. The number of halogens is 1. The van der Waals surface area contributed by atoms with Crippen LogP contribution in [0.1, 0.15) is 0 Å². The number of aromatic nitrogens is 4. The van der Waals surface area contributed by atoms with Gasteiger partial charge in [-0.05, 0) is 24.3 Å². The number of benzene rings is 1. The topological polar surface area (TPSA) is 92.4 Å². The molecule has 0 aliphatic carbocycles. The summed E-state index contributed by atoms with van der Waals surface area (Å²) >= 11 is 5.93. The van der Waals surface area contributed by atoms with Gasteiger partial charge in [0.15, 0.2) is 16.6 Å². The normalized spacial score (nSPS) is 10.7. The Hall–Kier alpha value is -2.67. The van der Waals surface area contributed by atoms with E-state index in [2.05, 4.69) is 20.5 Å². The van der Waals surface area contributed by atoms with Gasteiger partial charge in [-0.25, -0.2) is 9.78 Å². The summed E-state index contributed by atoms with van der Waals surface area (Å²) in [6.45, 7) is 0. The van der Waals surface area contributed by atoms with E-state index in [0.29, 0.717) is 17.2 Å². The van der Waals surface area contributed by atoms with Gasteiger partial charge in [0.25, 0.3) is 0 Å². The molecule has 3 rings (SSSR count). The van der Waals surface area contributed by atoms with E-state index in [1.165, 1.54) is 0 Å². The van der Waals surface area contributed by atoms with Crippen LogP contribution in [-0.4, -0.2) is 30.8 Å². The first-order valence-corrected chi connectivity index (χ1v) is 5.98. The Bertz CT molecular complexity index is 784. The lowest BCUT2D eigenvalue weighted by Crippen LogP contribution is -2.06. The van der Waals surface area contributed by atoms with Crippen LogP contribution in [0.15, 0.2) is 36.7 Å². The Morgan fingerprint density at radius 2 is 2.00 bits per heavy atom. The van der Waals surface area contributed by atoms with Crippen molar-refractivity contribution in [3.05, 3.63) is 41.8 Å². The number of carbonyl (C=O) groups is 1. The van der Waals surface area contributed by atoms with Gasteiger partial charge in [-0.3, -0.25) is 9.72 Å². The zero-order chi connectivity index (χ0) is 14.1. The molecule has 1 amide bonds. The highest BCUT2D eigenvalue weighted by Crippen LogP contribution is 2.22. The van der Waals surface area contributed by atoms with Gasteiger partial charge in [0.1, 0.15) is 0 Å². The van der Waals surface area contributed by atoms with Gasteiger partial charge in [-0.15, -0.1) is 10.2 Å². The fourth-order valence-corrected chi connectivity index (χ4v) is 2.00. The van der Waals surface area contributed by atoms with Crippen molar-refractivity contribution < 1.29 is 9.90 Å². The molecule has 0 fully saturated rings. The number of nitrogens with one attached hydrogen (secondary N) is 1. The highest BCUT2D eigenvalue weighted by molar-refractivity contribution is 6.32. The molecule has 2 N–H and O–H groups in total. The molecule has 3 aromatic rings. The standard InChI is InChI=1S/C12H8ClN5O2/c13-9-11-17-16-10(18(11)6-5-14-9)7-1-3-8(4-2-7)15-12(19)20/h1-6,15H,(H,19,20). The molecule has 0 spiro atoms. The first-order chi connectivity index (χ1) is 9.65. The van der Waals surface area contributed by atoms with Crippen LogP contribution >= 0.6 is 11.6 Å². The number of amides is 1. The monoisotopic (exact) mass is 289 g/mol. The predicted molar refractivity (Wildman–Crippen MR) is 72.9 cm³/mol. The maximum absolute atomic E-state index is 10.5. The van der Waals surface area contributed by atoms with Gasteiger partial charge >= 0.3 is 6.09 Å². The largest absolute Gasteiger partial charge is 0.465 e. The van der Waals surface area contributed by atoms with Crippen molar-refractivity contribution >= 4 is 29.0 Å². The number of anilines is 1. The highest BCUT2D eigenvalue weighted by Gasteiger charge is 2.10. The number of rotatable bonds is 2. The van der Waals surface area contributed by atoms with E-state index in [0.717, 1.165) is 5.56 Å². The van der Waals surface area contributed by atoms with E-state index in [4.69, 9.17) is 16.7 Å². The van der Waals surface area contributed by atoms with Crippen molar-refractivity contribution in [3.8, 4) is 11.4 Å². The average Bonchev–Trinajstić information content (AvgIpc) is 2.84. The van der Waals surface area contributed by atoms with Crippen molar-refractivity contribution in [3.63, 3.8) is 0 Å². The smallest absolute Gasteiger partial charge is 0.409 e. The second kappa shape index (κ2) is 4.78. The van der Waals surface area contributed by atoms with Gasteiger partial charge in [0.05, 0.1) is 0 Å². The summed E-state index contributed by atoms with van der Waals surface area (Å²) in [6, 6.07) is 6.78. The Morgan fingerprint density at radius 3 is 2.70 bits per heavy atom. The van der Waals surface area contributed by atoms with Gasteiger partial charge in [0.2, 0.25) is 0 Å². The summed E-state index contributed by atoms with van der Waals surface area (Å²) in [5.74, 6) is 0.603. The summed E-state index contributed by atoms with van der Waals surface area (Å²) in [5, 5.41) is 19.2. The average molecular weight is 290 g/mol. The molecule has 0 aliphatic rings. The molecule has 100 valence electrons. The fourth-order valence-electron chi connectivity index (χ4n) is 1.82. The van der Waals surface area contributed by atoms with Gasteiger partial charge in [0, 0.05) is 23.6 Å². The van der Waals surface area contributed by atoms with Crippen LogP contribution in [0.3, 0.4) is 0 Å². The zero-order valence-electron chi connectivity index (χ0n) is 9.99. The third-order valence-corrected chi connectivity index (χ3v) is 2.94. The molecular formula is C12H8ClN5O2. The van der Waals surface area contributed by atoms with E-state index in [9.17, 15) is 4.79 Å². The van der Waals surface area contributed by atoms with E-state index in [-0.39, 0.29) is 5.15 Å². The van der Waals surface area contributed by atoms with Crippen LogP contribution in [-0.2, 0) is 0 Å². The Morgan fingerprint density at radius 1 is 1.25 bits per heavy atom. The number of carboxylic acid groups (broad SMARTS) is 1. The van der Waals surface area contributed by atoms with E-state index < -0.39 is 6.09 Å². The maximum Gasteiger partial charge on any atom is 0.409 e. The third kappa shape index (κ3) is 2.14.